The van der Waals surface area contributed by atoms with Crippen LogP contribution in [0.15, 0.2) is 36.9 Å². The van der Waals surface area contributed by atoms with Crippen LogP contribution in [0.5, 0.6) is 0 Å². The summed E-state index contributed by atoms with van der Waals surface area (Å²) >= 11 is 6.06. The van der Waals surface area contributed by atoms with Crippen molar-refractivity contribution in [3.63, 3.8) is 0 Å². The second-order valence-electron chi connectivity index (χ2n) is 7.02. The van der Waals surface area contributed by atoms with Crippen LogP contribution in [0.25, 0.3) is 0 Å². The molecule has 1 atom stereocenters. The molecule has 2 aromatic rings. The number of ether oxygens (including phenoxy) is 1. The van der Waals surface area contributed by atoms with Crippen molar-refractivity contribution in [2.75, 3.05) is 0 Å². The van der Waals surface area contributed by atoms with Crippen molar-refractivity contribution < 1.29 is 9.53 Å². The Morgan fingerprint density at radius 3 is 2.50 bits per heavy atom. The summed E-state index contributed by atoms with van der Waals surface area (Å²) in [5.74, 6) is 0.190. The maximum absolute atomic E-state index is 12.0. The van der Waals surface area contributed by atoms with Gasteiger partial charge in [-0.05, 0) is 36.5 Å². The number of esters is 1. The predicted octanol–water partition coefficient (Wildman–Crippen LogP) is 3.83. The van der Waals surface area contributed by atoms with E-state index < -0.39 is 5.60 Å². The normalized spacial score (nSPS) is 17.3. The Kier molecular flexibility index (Phi) is 4.38. The lowest BCUT2D eigenvalue weighted by Gasteiger charge is -2.46. The number of halogens is 1. The van der Waals surface area contributed by atoms with Crippen LogP contribution in [0.3, 0.4) is 0 Å². The van der Waals surface area contributed by atoms with Crippen molar-refractivity contribution in [2.24, 2.45) is 11.3 Å². The number of carbonyl (C=O) groups is 1. The molecule has 0 amide bonds. The van der Waals surface area contributed by atoms with Crippen LogP contribution in [-0.4, -0.2) is 20.7 Å². The number of hydrogen-bond donors (Lipinski definition) is 0. The van der Waals surface area contributed by atoms with Gasteiger partial charge in [0.25, 0.3) is 0 Å². The molecule has 1 unspecified atom stereocenters. The average Bonchev–Trinajstić information content (AvgIpc) is 3.26. The molecule has 0 bridgehead atoms. The van der Waals surface area contributed by atoms with Gasteiger partial charge in [0.15, 0.2) is 5.60 Å². The first-order chi connectivity index (χ1) is 11.3. The average molecular weight is 348 g/mol. The second-order valence-corrected chi connectivity index (χ2v) is 7.45. The fourth-order valence-corrected chi connectivity index (χ4v) is 3.66. The fourth-order valence-electron chi connectivity index (χ4n) is 3.53. The van der Waals surface area contributed by atoms with Gasteiger partial charge in [-0.1, -0.05) is 37.6 Å². The highest BCUT2D eigenvalue weighted by atomic mass is 35.5. The summed E-state index contributed by atoms with van der Waals surface area (Å²) in [4.78, 5) is 16.1. The van der Waals surface area contributed by atoms with E-state index in [9.17, 15) is 4.79 Å². The predicted molar refractivity (Wildman–Crippen MR) is 91.4 cm³/mol. The maximum Gasteiger partial charge on any atom is 0.303 e. The van der Waals surface area contributed by atoms with E-state index in [4.69, 9.17) is 16.3 Å². The largest absolute Gasteiger partial charge is 0.452 e. The van der Waals surface area contributed by atoms with Crippen LogP contribution in [0.4, 0.5) is 0 Å². The quantitative estimate of drug-likeness (QED) is 0.745. The Morgan fingerprint density at radius 1 is 1.33 bits per heavy atom. The summed E-state index contributed by atoms with van der Waals surface area (Å²) in [5, 5.41) is 4.89. The van der Waals surface area contributed by atoms with Crippen LogP contribution in [0, 0.1) is 11.3 Å². The molecule has 3 rings (SSSR count). The minimum absolute atomic E-state index is 0.252. The molecule has 0 spiro atoms. The second kappa shape index (κ2) is 6.20. The molecule has 1 aromatic carbocycles. The lowest BCUT2D eigenvalue weighted by molar-refractivity contribution is -0.182. The summed E-state index contributed by atoms with van der Waals surface area (Å²) in [6, 6.07) is 7.54. The molecule has 0 saturated heterocycles. The molecular weight excluding hydrogens is 326 g/mol. The van der Waals surface area contributed by atoms with Crippen LogP contribution < -0.4 is 0 Å². The smallest absolute Gasteiger partial charge is 0.303 e. The van der Waals surface area contributed by atoms with E-state index in [-0.39, 0.29) is 11.4 Å². The Morgan fingerprint density at radius 2 is 2.00 bits per heavy atom. The molecule has 128 valence electrons. The highest BCUT2D eigenvalue weighted by Crippen LogP contribution is 2.57. The summed E-state index contributed by atoms with van der Waals surface area (Å²) in [6.07, 6.45) is 5.42. The number of benzene rings is 1. The van der Waals surface area contributed by atoms with E-state index in [0.717, 1.165) is 18.4 Å². The van der Waals surface area contributed by atoms with Crippen LogP contribution in [0.2, 0.25) is 5.02 Å². The molecule has 1 aliphatic carbocycles. The highest BCUT2D eigenvalue weighted by Gasteiger charge is 2.56. The fraction of sp³-hybridized carbons (Fsp3) is 0.500. The molecule has 0 radical (unpaired) electrons. The molecule has 0 aliphatic heterocycles. The van der Waals surface area contributed by atoms with Gasteiger partial charge in [0.05, 0.1) is 6.54 Å². The molecule has 1 heterocycles. The van der Waals surface area contributed by atoms with E-state index in [0.29, 0.717) is 17.5 Å². The zero-order valence-electron chi connectivity index (χ0n) is 14.2. The number of aromatic nitrogens is 3. The summed E-state index contributed by atoms with van der Waals surface area (Å²) in [5.41, 5.74) is -0.161. The van der Waals surface area contributed by atoms with Crippen molar-refractivity contribution in [1.82, 2.24) is 14.8 Å². The van der Waals surface area contributed by atoms with Gasteiger partial charge in [0.1, 0.15) is 12.7 Å². The SMILES string of the molecule is CC(=O)OC(Cn1cncn1)(c1ccc(Cl)cc1)C(C)(C)C1CC1. The van der Waals surface area contributed by atoms with E-state index in [1.165, 1.54) is 13.3 Å². The van der Waals surface area contributed by atoms with Gasteiger partial charge in [-0.15, -0.1) is 0 Å². The van der Waals surface area contributed by atoms with Gasteiger partial charge in [-0.25, -0.2) is 9.67 Å². The van der Waals surface area contributed by atoms with E-state index in [1.807, 2.05) is 24.3 Å². The first-order valence-electron chi connectivity index (χ1n) is 8.13. The van der Waals surface area contributed by atoms with E-state index in [2.05, 4.69) is 23.9 Å². The van der Waals surface area contributed by atoms with Crippen LogP contribution >= 0.6 is 11.6 Å². The van der Waals surface area contributed by atoms with Crippen molar-refractivity contribution in [3.8, 4) is 0 Å². The van der Waals surface area contributed by atoms with Crippen molar-refractivity contribution in [3.05, 3.63) is 47.5 Å². The summed E-state index contributed by atoms with van der Waals surface area (Å²) < 4.78 is 7.76. The first kappa shape index (κ1) is 17.0. The number of rotatable bonds is 6. The third-order valence-electron chi connectivity index (χ3n) is 5.12. The van der Waals surface area contributed by atoms with Crippen LogP contribution in [-0.2, 0) is 21.7 Å². The third kappa shape index (κ3) is 3.05. The topological polar surface area (TPSA) is 57.0 Å². The van der Waals surface area contributed by atoms with Crippen molar-refractivity contribution in [2.45, 2.75) is 45.8 Å². The van der Waals surface area contributed by atoms with Crippen LogP contribution in [0.1, 0.15) is 39.2 Å². The zero-order valence-corrected chi connectivity index (χ0v) is 15.0. The first-order valence-corrected chi connectivity index (χ1v) is 8.51. The van der Waals surface area contributed by atoms with Gasteiger partial charge in [0.2, 0.25) is 0 Å². The zero-order chi connectivity index (χ0) is 17.4. The molecule has 1 aliphatic rings. The number of carbonyl (C=O) groups excluding carboxylic acids is 1. The summed E-state index contributed by atoms with van der Waals surface area (Å²) in [7, 11) is 0. The lowest BCUT2D eigenvalue weighted by Crippen LogP contribution is -2.50. The Balaban J connectivity index is 2.14. The Bertz CT molecular complexity index is 708. The van der Waals surface area contributed by atoms with Crippen molar-refractivity contribution >= 4 is 17.6 Å². The Hall–Kier alpha value is -1.88. The van der Waals surface area contributed by atoms with Gasteiger partial charge < -0.3 is 4.74 Å². The molecule has 6 heteroatoms. The molecule has 1 saturated carbocycles. The molecular formula is C18H22ClN3O2. The standard InChI is InChI=1S/C18H22ClN3O2/c1-13(23)24-18(10-22-12-20-11-21-22,17(2,3)14-4-5-14)15-6-8-16(19)9-7-15/h6-9,11-12,14H,4-5,10H2,1-3H3. The molecule has 5 nitrogen and oxygen atoms in total. The van der Waals surface area contributed by atoms with Gasteiger partial charge >= 0.3 is 5.97 Å². The summed E-state index contributed by atoms with van der Waals surface area (Å²) in [6.45, 7) is 6.20. The third-order valence-corrected chi connectivity index (χ3v) is 5.37. The highest BCUT2D eigenvalue weighted by molar-refractivity contribution is 6.30. The van der Waals surface area contributed by atoms with E-state index >= 15 is 0 Å². The van der Waals surface area contributed by atoms with Crippen molar-refractivity contribution in [1.29, 1.82) is 0 Å². The van der Waals surface area contributed by atoms with E-state index in [1.54, 1.807) is 11.0 Å². The number of hydrogen-bond acceptors (Lipinski definition) is 4. The monoisotopic (exact) mass is 347 g/mol. The van der Waals surface area contributed by atoms with Gasteiger partial charge in [0, 0.05) is 17.4 Å². The molecule has 1 fully saturated rings. The Labute approximate surface area is 147 Å². The minimum atomic E-state index is -0.835. The maximum atomic E-state index is 12.0. The molecule has 0 N–H and O–H groups in total. The van der Waals surface area contributed by atoms with Gasteiger partial charge in [-0.3, -0.25) is 4.79 Å². The minimum Gasteiger partial charge on any atom is -0.452 e. The van der Waals surface area contributed by atoms with Gasteiger partial charge in [-0.2, -0.15) is 5.10 Å². The lowest BCUT2D eigenvalue weighted by atomic mass is 9.67. The molecule has 1 aromatic heterocycles. The molecule has 24 heavy (non-hydrogen) atoms. The number of nitrogens with zero attached hydrogens (tertiary/aromatic N) is 3.